The maximum Gasteiger partial charge on any atom is 0.419 e. The second-order valence-electron chi connectivity index (χ2n) is 4.88. The van der Waals surface area contributed by atoms with E-state index in [2.05, 4.69) is 9.97 Å². The van der Waals surface area contributed by atoms with Crippen molar-refractivity contribution in [3.8, 4) is 11.4 Å². The van der Waals surface area contributed by atoms with Gasteiger partial charge in [-0.15, -0.1) is 0 Å². The summed E-state index contributed by atoms with van der Waals surface area (Å²) in [6.45, 7) is 3.06. The summed E-state index contributed by atoms with van der Waals surface area (Å²) in [5, 5.41) is -0.664. The lowest BCUT2D eigenvalue weighted by Crippen LogP contribution is -2.15. The molecule has 0 radical (unpaired) electrons. The Hall–Kier alpha value is -1.96. The van der Waals surface area contributed by atoms with Gasteiger partial charge in [0.1, 0.15) is 0 Å². The van der Waals surface area contributed by atoms with Crippen LogP contribution in [-0.4, -0.2) is 23.6 Å². The van der Waals surface area contributed by atoms with E-state index < -0.39 is 26.8 Å². The molecule has 0 spiro atoms. The summed E-state index contributed by atoms with van der Waals surface area (Å²) in [5.74, 6) is -0.0622. The van der Waals surface area contributed by atoms with E-state index in [4.69, 9.17) is 0 Å². The van der Waals surface area contributed by atoms with Crippen LogP contribution >= 0.6 is 0 Å². The average molecular weight is 330 g/mol. The second-order valence-corrected chi connectivity index (χ2v) is 7.36. The van der Waals surface area contributed by atoms with Crippen LogP contribution in [0.1, 0.15) is 19.4 Å². The average Bonchev–Trinajstić information content (AvgIpc) is 2.46. The van der Waals surface area contributed by atoms with E-state index in [-0.39, 0.29) is 16.3 Å². The van der Waals surface area contributed by atoms with Crippen LogP contribution in [0.5, 0.6) is 0 Å². The zero-order valence-electron chi connectivity index (χ0n) is 11.8. The van der Waals surface area contributed by atoms with Gasteiger partial charge in [0.25, 0.3) is 0 Å². The van der Waals surface area contributed by atoms with E-state index in [0.29, 0.717) is 12.4 Å². The minimum Gasteiger partial charge on any atom is -0.236 e. The molecule has 0 aliphatic rings. The first kappa shape index (κ1) is 16.4. The summed E-state index contributed by atoms with van der Waals surface area (Å²) in [4.78, 5) is 7.31. The Morgan fingerprint density at radius 3 is 2.09 bits per heavy atom. The van der Waals surface area contributed by atoms with Crippen LogP contribution < -0.4 is 0 Å². The van der Waals surface area contributed by atoms with E-state index >= 15 is 0 Å². The Kier molecular flexibility index (Phi) is 4.23. The van der Waals surface area contributed by atoms with Gasteiger partial charge in [0.15, 0.2) is 15.7 Å². The van der Waals surface area contributed by atoms with E-state index in [0.717, 1.165) is 0 Å². The zero-order valence-corrected chi connectivity index (χ0v) is 12.6. The van der Waals surface area contributed by atoms with Crippen molar-refractivity contribution in [1.29, 1.82) is 0 Å². The summed E-state index contributed by atoms with van der Waals surface area (Å²) in [6, 6.07) is 5.99. The van der Waals surface area contributed by atoms with Gasteiger partial charge in [-0.1, -0.05) is 12.1 Å². The predicted molar refractivity (Wildman–Crippen MR) is 74.8 cm³/mol. The number of hydrogen-bond acceptors (Lipinski definition) is 4. The lowest BCUT2D eigenvalue weighted by molar-refractivity contribution is -0.138. The van der Waals surface area contributed by atoms with Gasteiger partial charge in [0.05, 0.1) is 15.7 Å². The van der Waals surface area contributed by atoms with Crippen LogP contribution in [-0.2, 0) is 16.0 Å². The molecule has 4 nitrogen and oxygen atoms in total. The minimum atomic E-state index is -4.54. The molecule has 118 valence electrons. The Bertz CT molecular complexity index is 769. The fraction of sp³-hybridized carbons (Fsp3) is 0.286. The standard InChI is InChI=1S/C14H13F3N2O2S/c1-9(2)22(20,21)12-6-4-3-5-11(12)13-18-7-10(8-19-13)14(15,16)17/h3-9H,1-2H3. The van der Waals surface area contributed by atoms with Gasteiger partial charge >= 0.3 is 6.18 Å². The molecule has 2 rings (SSSR count). The highest BCUT2D eigenvalue weighted by molar-refractivity contribution is 7.92. The van der Waals surface area contributed by atoms with Crippen molar-refractivity contribution in [3.63, 3.8) is 0 Å². The van der Waals surface area contributed by atoms with Crippen LogP contribution in [0.3, 0.4) is 0 Å². The van der Waals surface area contributed by atoms with Gasteiger partial charge in [-0.25, -0.2) is 18.4 Å². The predicted octanol–water partition coefficient (Wildman–Crippen LogP) is 3.34. The van der Waals surface area contributed by atoms with Crippen molar-refractivity contribution in [2.24, 2.45) is 0 Å². The minimum absolute atomic E-state index is 0.00441. The smallest absolute Gasteiger partial charge is 0.236 e. The van der Waals surface area contributed by atoms with Crippen LogP contribution in [0, 0.1) is 0 Å². The highest BCUT2D eigenvalue weighted by Gasteiger charge is 2.31. The molecule has 1 aromatic carbocycles. The van der Waals surface area contributed by atoms with Crippen LogP contribution in [0.2, 0.25) is 0 Å². The number of halogens is 3. The Labute approximate surface area is 126 Å². The maximum absolute atomic E-state index is 12.5. The molecule has 22 heavy (non-hydrogen) atoms. The monoisotopic (exact) mass is 330 g/mol. The molecular weight excluding hydrogens is 317 g/mol. The molecule has 0 saturated carbocycles. The molecule has 0 amide bonds. The summed E-state index contributed by atoms with van der Waals surface area (Å²) in [5.41, 5.74) is -0.801. The highest BCUT2D eigenvalue weighted by atomic mass is 32.2. The number of hydrogen-bond donors (Lipinski definition) is 0. The summed E-state index contributed by atoms with van der Waals surface area (Å²) < 4.78 is 62.2. The van der Waals surface area contributed by atoms with Crippen molar-refractivity contribution >= 4 is 9.84 Å². The molecule has 0 fully saturated rings. The first-order chi connectivity index (χ1) is 10.1. The molecular formula is C14H13F3N2O2S. The SMILES string of the molecule is CC(C)S(=O)(=O)c1ccccc1-c1ncc(C(F)(F)F)cn1. The van der Waals surface area contributed by atoms with Crippen molar-refractivity contribution in [3.05, 3.63) is 42.2 Å². The molecule has 8 heteroatoms. The molecule has 1 aromatic heterocycles. The first-order valence-corrected chi connectivity index (χ1v) is 7.91. The Morgan fingerprint density at radius 2 is 1.59 bits per heavy atom. The molecule has 0 atom stereocenters. The van der Waals surface area contributed by atoms with Gasteiger partial charge in [0, 0.05) is 18.0 Å². The molecule has 2 aromatic rings. The van der Waals surface area contributed by atoms with Crippen LogP contribution in [0.25, 0.3) is 11.4 Å². The van der Waals surface area contributed by atoms with Crippen molar-refractivity contribution in [2.75, 3.05) is 0 Å². The third kappa shape index (κ3) is 3.11. The number of alkyl halides is 3. The van der Waals surface area contributed by atoms with E-state index in [9.17, 15) is 21.6 Å². The Morgan fingerprint density at radius 1 is 1.05 bits per heavy atom. The molecule has 0 bridgehead atoms. The summed E-state index contributed by atoms with van der Waals surface area (Å²) >= 11 is 0. The third-order valence-corrected chi connectivity index (χ3v) is 5.24. The van der Waals surface area contributed by atoms with Crippen molar-refractivity contribution < 1.29 is 21.6 Å². The number of aromatic nitrogens is 2. The summed E-state index contributed by atoms with van der Waals surface area (Å²) in [6.07, 6.45) is -3.26. The second kappa shape index (κ2) is 5.68. The molecule has 0 saturated heterocycles. The van der Waals surface area contributed by atoms with Gasteiger partial charge in [-0.2, -0.15) is 13.2 Å². The van der Waals surface area contributed by atoms with Crippen molar-refractivity contribution in [2.45, 2.75) is 30.2 Å². The summed E-state index contributed by atoms with van der Waals surface area (Å²) in [7, 11) is -3.60. The quantitative estimate of drug-likeness (QED) is 0.866. The van der Waals surface area contributed by atoms with E-state index in [1.807, 2.05) is 0 Å². The van der Waals surface area contributed by atoms with Gasteiger partial charge < -0.3 is 0 Å². The lowest BCUT2D eigenvalue weighted by Gasteiger charge is -2.12. The fourth-order valence-electron chi connectivity index (χ4n) is 1.77. The van der Waals surface area contributed by atoms with Crippen LogP contribution in [0.4, 0.5) is 13.2 Å². The number of nitrogens with zero attached hydrogens (tertiary/aromatic N) is 2. The van der Waals surface area contributed by atoms with E-state index in [1.165, 1.54) is 26.0 Å². The normalized spacial score (nSPS) is 12.6. The largest absolute Gasteiger partial charge is 0.419 e. The third-order valence-electron chi connectivity index (χ3n) is 3.03. The topological polar surface area (TPSA) is 59.9 Å². The van der Waals surface area contributed by atoms with Crippen molar-refractivity contribution in [1.82, 2.24) is 9.97 Å². The Balaban J connectivity index is 2.56. The molecule has 0 aliphatic heterocycles. The lowest BCUT2D eigenvalue weighted by atomic mass is 10.2. The van der Waals surface area contributed by atoms with Gasteiger partial charge in [-0.05, 0) is 26.0 Å². The van der Waals surface area contributed by atoms with Gasteiger partial charge in [-0.3, -0.25) is 0 Å². The molecule has 1 heterocycles. The van der Waals surface area contributed by atoms with Gasteiger partial charge in [0.2, 0.25) is 0 Å². The number of benzene rings is 1. The number of rotatable bonds is 3. The molecule has 0 N–H and O–H groups in total. The molecule has 0 aliphatic carbocycles. The number of sulfone groups is 1. The highest BCUT2D eigenvalue weighted by Crippen LogP contribution is 2.30. The fourth-order valence-corrected chi connectivity index (χ4v) is 3.01. The zero-order chi connectivity index (χ0) is 16.5. The van der Waals surface area contributed by atoms with Crippen LogP contribution in [0.15, 0.2) is 41.6 Å². The van der Waals surface area contributed by atoms with E-state index in [1.54, 1.807) is 12.1 Å². The first-order valence-electron chi connectivity index (χ1n) is 6.36. The molecule has 0 unspecified atom stereocenters. The maximum atomic E-state index is 12.5.